The van der Waals surface area contributed by atoms with Crippen LogP contribution >= 0.6 is 7.60 Å². The zero-order chi connectivity index (χ0) is 20.8. The Morgan fingerprint density at radius 2 is 1.64 bits per heavy atom. The SMILES string of the molecule is CCOP(=O)(OCC)c1cccc(NC(=O)NS(=O)(=O)c2ccc(C)cc2)c1. The van der Waals surface area contributed by atoms with Crippen LogP contribution < -0.4 is 15.3 Å². The molecule has 0 aliphatic heterocycles. The number of hydrogen-bond donors (Lipinski definition) is 2. The molecule has 0 aromatic heterocycles. The number of sulfonamides is 1. The molecule has 0 aliphatic carbocycles. The topological polar surface area (TPSA) is 111 Å². The predicted octanol–water partition coefficient (Wildman–Crippen LogP) is 3.40. The number of amides is 2. The molecule has 0 atom stereocenters. The summed E-state index contributed by atoms with van der Waals surface area (Å²) in [5.41, 5.74) is 1.14. The van der Waals surface area contributed by atoms with Crippen LogP contribution in [0.5, 0.6) is 0 Å². The average Bonchev–Trinajstić information content (AvgIpc) is 2.62. The molecule has 2 N–H and O–H groups in total. The summed E-state index contributed by atoms with van der Waals surface area (Å²) in [4.78, 5) is 12.1. The first-order valence-electron chi connectivity index (χ1n) is 8.60. The van der Waals surface area contributed by atoms with E-state index in [1.165, 1.54) is 24.3 Å². The summed E-state index contributed by atoms with van der Waals surface area (Å²) in [6, 6.07) is 11.2. The summed E-state index contributed by atoms with van der Waals surface area (Å²) in [7, 11) is -7.54. The fourth-order valence-electron chi connectivity index (χ4n) is 2.34. The number of nitrogens with one attached hydrogen (secondary N) is 2. The lowest BCUT2D eigenvalue weighted by Gasteiger charge is -2.18. The third-order valence-corrected chi connectivity index (χ3v) is 7.03. The van der Waals surface area contributed by atoms with Gasteiger partial charge in [-0.3, -0.25) is 4.57 Å². The Labute approximate surface area is 164 Å². The molecule has 0 aliphatic rings. The Balaban J connectivity index is 2.16. The molecule has 0 bridgehead atoms. The normalized spacial score (nSPS) is 11.8. The van der Waals surface area contributed by atoms with Crippen LogP contribution in [0.1, 0.15) is 19.4 Å². The highest BCUT2D eigenvalue weighted by molar-refractivity contribution is 7.90. The van der Waals surface area contributed by atoms with Crippen LogP contribution in [0.15, 0.2) is 53.4 Å². The molecule has 0 fully saturated rings. The smallest absolute Gasteiger partial charge is 0.307 e. The Morgan fingerprint density at radius 3 is 2.21 bits per heavy atom. The lowest BCUT2D eigenvalue weighted by atomic mass is 10.2. The summed E-state index contributed by atoms with van der Waals surface area (Å²) in [5.74, 6) is 0. The van der Waals surface area contributed by atoms with E-state index in [9.17, 15) is 17.8 Å². The van der Waals surface area contributed by atoms with Crippen LogP contribution in [0.3, 0.4) is 0 Å². The maximum Gasteiger partial charge on any atom is 0.361 e. The van der Waals surface area contributed by atoms with Gasteiger partial charge in [0.15, 0.2) is 0 Å². The van der Waals surface area contributed by atoms with Crippen LogP contribution in [0.25, 0.3) is 0 Å². The first-order valence-corrected chi connectivity index (χ1v) is 11.6. The van der Waals surface area contributed by atoms with E-state index >= 15 is 0 Å². The third-order valence-electron chi connectivity index (χ3n) is 3.58. The Hall–Kier alpha value is -2.19. The van der Waals surface area contributed by atoms with E-state index in [-0.39, 0.29) is 29.1 Å². The van der Waals surface area contributed by atoms with Crippen molar-refractivity contribution in [1.29, 1.82) is 0 Å². The monoisotopic (exact) mass is 426 g/mol. The molecule has 0 unspecified atom stereocenters. The van der Waals surface area contributed by atoms with E-state index in [0.29, 0.717) is 0 Å². The molecular weight excluding hydrogens is 403 g/mol. The van der Waals surface area contributed by atoms with E-state index in [1.807, 2.05) is 11.6 Å². The second-order valence-corrected chi connectivity index (χ2v) is 9.47. The molecule has 10 heteroatoms. The zero-order valence-electron chi connectivity index (χ0n) is 15.8. The van der Waals surface area contributed by atoms with Gasteiger partial charge in [-0.1, -0.05) is 23.8 Å². The second-order valence-electron chi connectivity index (χ2n) is 5.76. The number of carbonyl (C=O) groups excluding carboxylic acids is 1. The summed E-state index contributed by atoms with van der Waals surface area (Å²) >= 11 is 0. The van der Waals surface area contributed by atoms with Gasteiger partial charge in [-0.05, 0) is 51.1 Å². The van der Waals surface area contributed by atoms with Crippen LogP contribution in [-0.4, -0.2) is 27.7 Å². The van der Waals surface area contributed by atoms with Crippen molar-refractivity contribution in [2.45, 2.75) is 25.7 Å². The molecule has 0 heterocycles. The van der Waals surface area contributed by atoms with Crippen molar-refractivity contribution in [3.63, 3.8) is 0 Å². The minimum Gasteiger partial charge on any atom is -0.307 e. The summed E-state index contributed by atoms with van der Waals surface area (Å²) in [6.45, 7) is 5.58. The van der Waals surface area contributed by atoms with Crippen LogP contribution in [0.2, 0.25) is 0 Å². The molecule has 152 valence electrons. The molecule has 0 saturated heterocycles. The van der Waals surface area contributed by atoms with Gasteiger partial charge in [0.05, 0.1) is 23.4 Å². The molecule has 2 amide bonds. The van der Waals surface area contributed by atoms with E-state index in [1.54, 1.807) is 38.1 Å². The first-order chi connectivity index (χ1) is 13.2. The van der Waals surface area contributed by atoms with E-state index in [0.717, 1.165) is 5.56 Å². The van der Waals surface area contributed by atoms with Gasteiger partial charge in [-0.25, -0.2) is 17.9 Å². The van der Waals surface area contributed by atoms with Gasteiger partial charge in [-0.2, -0.15) is 0 Å². The van der Waals surface area contributed by atoms with Crippen LogP contribution in [0.4, 0.5) is 10.5 Å². The van der Waals surface area contributed by atoms with Crippen molar-refractivity contribution >= 4 is 34.6 Å². The molecular formula is C18H23N2O6PS. The first kappa shape index (κ1) is 22.1. The number of urea groups is 1. The van der Waals surface area contributed by atoms with Gasteiger partial charge >= 0.3 is 13.6 Å². The summed E-state index contributed by atoms with van der Waals surface area (Å²) in [5, 5.41) is 2.67. The van der Waals surface area contributed by atoms with Crippen molar-refractivity contribution < 1.29 is 26.8 Å². The molecule has 2 aromatic carbocycles. The summed E-state index contributed by atoms with van der Waals surface area (Å²) in [6.07, 6.45) is 0. The van der Waals surface area contributed by atoms with Gasteiger partial charge in [0, 0.05) is 5.69 Å². The van der Waals surface area contributed by atoms with Crippen molar-refractivity contribution in [3.8, 4) is 0 Å². The van der Waals surface area contributed by atoms with Gasteiger partial charge in [0.25, 0.3) is 10.0 Å². The molecule has 0 spiro atoms. The predicted molar refractivity (Wildman–Crippen MR) is 107 cm³/mol. The number of rotatable bonds is 8. The maximum atomic E-state index is 12.8. The highest BCUT2D eigenvalue weighted by Gasteiger charge is 2.27. The minimum absolute atomic E-state index is 0.0285. The number of hydrogen-bond acceptors (Lipinski definition) is 6. The van der Waals surface area contributed by atoms with E-state index in [4.69, 9.17) is 9.05 Å². The van der Waals surface area contributed by atoms with Crippen molar-refractivity contribution in [2.24, 2.45) is 0 Å². The van der Waals surface area contributed by atoms with E-state index in [2.05, 4.69) is 5.32 Å². The van der Waals surface area contributed by atoms with Crippen LogP contribution in [0, 0.1) is 6.92 Å². The van der Waals surface area contributed by atoms with Crippen LogP contribution in [-0.2, 0) is 23.6 Å². The lowest BCUT2D eigenvalue weighted by Crippen LogP contribution is -2.34. The number of benzene rings is 2. The molecule has 8 nitrogen and oxygen atoms in total. The average molecular weight is 426 g/mol. The number of aryl methyl sites for hydroxylation is 1. The largest absolute Gasteiger partial charge is 0.361 e. The Kier molecular flexibility index (Phi) is 7.37. The number of carbonyl (C=O) groups is 1. The van der Waals surface area contributed by atoms with Gasteiger partial charge in [-0.15, -0.1) is 0 Å². The Morgan fingerprint density at radius 1 is 1.04 bits per heavy atom. The minimum atomic E-state index is -4.02. The third kappa shape index (κ3) is 5.65. The Bertz CT molecular complexity index is 966. The van der Waals surface area contributed by atoms with Crippen molar-refractivity contribution in [3.05, 3.63) is 54.1 Å². The second kappa shape index (κ2) is 9.34. The molecule has 28 heavy (non-hydrogen) atoms. The fourth-order valence-corrected chi connectivity index (χ4v) is 4.86. The van der Waals surface area contributed by atoms with Gasteiger partial charge in [0.1, 0.15) is 0 Å². The van der Waals surface area contributed by atoms with Gasteiger partial charge < -0.3 is 14.4 Å². The zero-order valence-corrected chi connectivity index (χ0v) is 17.5. The highest BCUT2D eigenvalue weighted by Crippen LogP contribution is 2.47. The summed E-state index contributed by atoms with van der Waals surface area (Å²) < 4.78 is 49.9. The maximum absolute atomic E-state index is 12.8. The van der Waals surface area contributed by atoms with E-state index < -0.39 is 23.7 Å². The molecule has 2 aromatic rings. The lowest BCUT2D eigenvalue weighted by molar-refractivity contribution is 0.230. The molecule has 0 radical (unpaired) electrons. The quantitative estimate of drug-likeness (QED) is 0.626. The fraction of sp³-hybridized carbons (Fsp3) is 0.278. The highest BCUT2D eigenvalue weighted by atomic mass is 32.2. The number of anilines is 1. The van der Waals surface area contributed by atoms with Gasteiger partial charge in [0.2, 0.25) is 0 Å². The molecule has 2 rings (SSSR count). The van der Waals surface area contributed by atoms with Crippen molar-refractivity contribution in [1.82, 2.24) is 4.72 Å². The standard InChI is InChI=1S/C18H23N2O6PS/c1-4-25-27(22,26-5-2)16-8-6-7-15(13-16)19-18(21)20-28(23,24)17-11-9-14(3)10-12-17/h6-13H,4-5H2,1-3H3,(H2,19,20,21). The molecule has 0 saturated carbocycles. The van der Waals surface area contributed by atoms with Crippen molar-refractivity contribution in [2.75, 3.05) is 18.5 Å².